The van der Waals surface area contributed by atoms with Gasteiger partial charge in [-0.25, -0.2) is 0 Å². The van der Waals surface area contributed by atoms with Crippen molar-refractivity contribution in [3.63, 3.8) is 0 Å². The molecule has 0 unspecified atom stereocenters. The Morgan fingerprint density at radius 1 is 1.06 bits per heavy atom. The number of nitrogens with two attached hydrogens (primary N) is 1. The lowest BCUT2D eigenvalue weighted by Crippen LogP contribution is -2.38. The molecule has 0 aliphatic carbocycles. The number of nitrogens with one attached hydrogen (secondary N) is 2. The van der Waals surface area contributed by atoms with E-state index in [9.17, 15) is 14.4 Å². The second-order valence-corrected chi connectivity index (χ2v) is 7.82. The number of nitrogens with zero attached hydrogens (tertiary/aromatic N) is 1. The Labute approximate surface area is 188 Å². The van der Waals surface area contributed by atoms with E-state index in [0.29, 0.717) is 43.5 Å². The van der Waals surface area contributed by atoms with Gasteiger partial charge in [0, 0.05) is 37.5 Å². The van der Waals surface area contributed by atoms with Crippen molar-refractivity contribution in [1.29, 1.82) is 0 Å². The number of carbonyl (C=O) groups is 3. The molecule has 1 aliphatic heterocycles. The Morgan fingerprint density at radius 2 is 1.75 bits per heavy atom. The van der Waals surface area contributed by atoms with Crippen LogP contribution in [0.2, 0.25) is 0 Å². The van der Waals surface area contributed by atoms with Crippen molar-refractivity contribution in [3.05, 3.63) is 54.1 Å². The van der Waals surface area contributed by atoms with E-state index in [0.717, 1.165) is 24.5 Å². The van der Waals surface area contributed by atoms with Crippen LogP contribution in [0.5, 0.6) is 5.75 Å². The normalized spacial score (nSPS) is 14.0. The minimum atomic E-state index is -0.245. The third-order valence-electron chi connectivity index (χ3n) is 5.63. The van der Waals surface area contributed by atoms with Crippen LogP contribution in [-0.2, 0) is 9.59 Å². The molecule has 0 aromatic heterocycles. The number of hydrogen-bond donors (Lipinski definition) is 3. The van der Waals surface area contributed by atoms with E-state index in [2.05, 4.69) is 15.5 Å². The molecule has 170 valence electrons. The fourth-order valence-corrected chi connectivity index (χ4v) is 3.77. The molecular formula is C24H30N4O4. The molecule has 0 saturated carbocycles. The molecule has 1 fully saturated rings. The Hall–Kier alpha value is -3.55. The van der Waals surface area contributed by atoms with Gasteiger partial charge in [0.05, 0.1) is 18.5 Å². The molecule has 3 rings (SSSR count). The number of benzene rings is 2. The first-order valence-electron chi connectivity index (χ1n) is 10.8. The zero-order valence-electron chi connectivity index (χ0n) is 18.3. The molecule has 2 aromatic rings. The quantitative estimate of drug-likeness (QED) is 0.521. The molecule has 3 amide bonds. The molecule has 4 N–H and O–H groups in total. The summed E-state index contributed by atoms with van der Waals surface area (Å²) in [6, 6.07) is 14.5. The van der Waals surface area contributed by atoms with E-state index in [4.69, 9.17) is 10.5 Å². The summed E-state index contributed by atoms with van der Waals surface area (Å²) in [6.45, 7) is 1.84. The maximum atomic E-state index is 12.5. The molecular weight excluding hydrogens is 408 g/mol. The van der Waals surface area contributed by atoms with Gasteiger partial charge in [-0.2, -0.15) is 0 Å². The van der Waals surface area contributed by atoms with Gasteiger partial charge in [0.2, 0.25) is 11.8 Å². The predicted octanol–water partition coefficient (Wildman–Crippen LogP) is 2.55. The number of ether oxygens (including phenoxy) is 1. The van der Waals surface area contributed by atoms with E-state index < -0.39 is 0 Å². The Bertz CT molecular complexity index is 937. The van der Waals surface area contributed by atoms with E-state index in [-0.39, 0.29) is 23.6 Å². The number of piperidine rings is 1. The number of anilines is 2. The van der Waals surface area contributed by atoms with Crippen LogP contribution in [0, 0.1) is 5.92 Å². The summed E-state index contributed by atoms with van der Waals surface area (Å²) in [5.41, 5.74) is 7.66. The van der Waals surface area contributed by atoms with Crippen molar-refractivity contribution in [2.75, 3.05) is 37.0 Å². The highest BCUT2D eigenvalue weighted by atomic mass is 16.5. The largest absolute Gasteiger partial charge is 0.497 e. The maximum absolute atomic E-state index is 12.5. The van der Waals surface area contributed by atoms with Gasteiger partial charge < -0.3 is 26.0 Å². The number of amides is 3. The molecule has 1 saturated heterocycles. The van der Waals surface area contributed by atoms with Crippen LogP contribution < -0.4 is 26.0 Å². The lowest BCUT2D eigenvalue weighted by molar-refractivity contribution is -0.122. The van der Waals surface area contributed by atoms with Gasteiger partial charge in [-0.05, 0) is 55.7 Å². The number of primary amides is 1. The maximum Gasteiger partial charge on any atom is 0.251 e. The van der Waals surface area contributed by atoms with Crippen LogP contribution >= 0.6 is 0 Å². The Kier molecular flexibility index (Phi) is 8.08. The summed E-state index contributed by atoms with van der Waals surface area (Å²) < 4.78 is 5.09. The smallest absolute Gasteiger partial charge is 0.251 e. The van der Waals surface area contributed by atoms with Crippen LogP contribution in [0.3, 0.4) is 0 Å². The molecule has 8 nitrogen and oxygen atoms in total. The summed E-state index contributed by atoms with van der Waals surface area (Å²) in [5.74, 6) is 0.0723. The van der Waals surface area contributed by atoms with Gasteiger partial charge in [0.25, 0.3) is 5.91 Å². The Morgan fingerprint density at radius 3 is 2.41 bits per heavy atom. The zero-order valence-corrected chi connectivity index (χ0v) is 18.3. The standard InChI is InChI=1S/C24H30N4O4/c1-32-19-10-8-18(9-11-19)24(31)26-14-4-7-22(29)27-20-5-2-3-6-21(20)28-15-12-17(13-16-28)23(25)30/h2-3,5-6,8-11,17H,4,7,12-16H2,1H3,(H2,25,30)(H,26,31)(H,27,29). The van der Waals surface area contributed by atoms with Crippen LogP contribution in [0.1, 0.15) is 36.0 Å². The minimum absolute atomic E-state index is 0.0823. The summed E-state index contributed by atoms with van der Waals surface area (Å²) in [7, 11) is 1.57. The Balaban J connectivity index is 1.45. The first-order chi connectivity index (χ1) is 15.5. The molecule has 32 heavy (non-hydrogen) atoms. The highest BCUT2D eigenvalue weighted by molar-refractivity contribution is 5.95. The van der Waals surface area contributed by atoms with Crippen molar-refractivity contribution in [3.8, 4) is 5.75 Å². The van der Waals surface area contributed by atoms with Crippen LogP contribution in [0.4, 0.5) is 11.4 Å². The van der Waals surface area contributed by atoms with Crippen molar-refractivity contribution < 1.29 is 19.1 Å². The van der Waals surface area contributed by atoms with E-state index in [1.165, 1.54) is 0 Å². The predicted molar refractivity (Wildman–Crippen MR) is 124 cm³/mol. The van der Waals surface area contributed by atoms with E-state index in [1.807, 2.05) is 24.3 Å². The number of hydrogen-bond acceptors (Lipinski definition) is 5. The second-order valence-electron chi connectivity index (χ2n) is 7.82. The fourth-order valence-electron chi connectivity index (χ4n) is 3.77. The van der Waals surface area contributed by atoms with E-state index >= 15 is 0 Å². The van der Waals surface area contributed by atoms with Crippen LogP contribution in [0.15, 0.2) is 48.5 Å². The second kappa shape index (κ2) is 11.2. The number of methoxy groups -OCH3 is 1. The van der Waals surface area contributed by atoms with Gasteiger partial charge in [-0.1, -0.05) is 12.1 Å². The number of carbonyl (C=O) groups excluding carboxylic acids is 3. The average Bonchev–Trinajstić information content (AvgIpc) is 2.82. The molecule has 2 aromatic carbocycles. The SMILES string of the molecule is COc1ccc(C(=O)NCCCC(=O)Nc2ccccc2N2CCC(C(N)=O)CC2)cc1. The minimum Gasteiger partial charge on any atom is -0.497 e. The summed E-state index contributed by atoms with van der Waals surface area (Å²) in [4.78, 5) is 38.2. The average molecular weight is 439 g/mol. The molecule has 0 bridgehead atoms. The van der Waals surface area contributed by atoms with Crippen molar-refractivity contribution in [1.82, 2.24) is 5.32 Å². The first-order valence-corrected chi connectivity index (χ1v) is 10.8. The van der Waals surface area contributed by atoms with Gasteiger partial charge in [-0.15, -0.1) is 0 Å². The molecule has 0 radical (unpaired) electrons. The third-order valence-corrected chi connectivity index (χ3v) is 5.63. The van der Waals surface area contributed by atoms with Gasteiger partial charge in [0.1, 0.15) is 5.75 Å². The number of para-hydroxylation sites is 2. The third kappa shape index (κ3) is 6.23. The van der Waals surface area contributed by atoms with Crippen molar-refractivity contribution in [2.45, 2.75) is 25.7 Å². The summed E-state index contributed by atoms with van der Waals surface area (Å²) in [6.07, 6.45) is 2.25. The topological polar surface area (TPSA) is 114 Å². The molecule has 0 spiro atoms. The van der Waals surface area contributed by atoms with Gasteiger partial charge >= 0.3 is 0 Å². The first kappa shape index (κ1) is 23.1. The number of rotatable bonds is 9. The fraction of sp³-hybridized carbons (Fsp3) is 0.375. The van der Waals surface area contributed by atoms with Gasteiger partial charge in [-0.3, -0.25) is 14.4 Å². The lowest BCUT2D eigenvalue weighted by atomic mass is 9.96. The van der Waals surface area contributed by atoms with Crippen molar-refractivity contribution >= 4 is 29.1 Å². The summed E-state index contributed by atoms with van der Waals surface area (Å²) in [5, 5.41) is 5.80. The van der Waals surface area contributed by atoms with Gasteiger partial charge in [0.15, 0.2) is 0 Å². The molecule has 0 atom stereocenters. The lowest BCUT2D eigenvalue weighted by Gasteiger charge is -2.33. The highest BCUT2D eigenvalue weighted by Gasteiger charge is 2.24. The zero-order chi connectivity index (χ0) is 22.9. The molecule has 8 heteroatoms. The van der Waals surface area contributed by atoms with E-state index in [1.54, 1.807) is 31.4 Å². The van der Waals surface area contributed by atoms with Crippen LogP contribution in [-0.4, -0.2) is 44.5 Å². The van der Waals surface area contributed by atoms with Crippen LogP contribution in [0.25, 0.3) is 0 Å². The highest BCUT2D eigenvalue weighted by Crippen LogP contribution is 2.29. The summed E-state index contributed by atoms with van der Waals surface area (Å²) >= 11 is 0. The van der Waals surface area contributed by atoms with Crippen molar-refractivity contribution in [2.24, 2.45) is 11.7 Å². The monoisotopic (exact) mass is 438 g/mol. The molecule has 1 heterocycles. The molecule has 1 aliphatic rings.